The van der Waals surface area contributed by atoms with Crippen LogP contribution in [0.25, 0.3) is 0 Å². The number of hydrogen-bond acceptors (Lipinski definition) is 4. The minimum Gasteiger partial charge on any atom is -0.258 e. The van der Waals surface area contributed by atoms with Crippen molar-refractivity contribution in [2.75, 3.05) is 0 Å². The van der Waals surface area contributed by atoms with Gasteiger partial charge in [0.2, 0.25) is 0 Å². The molecule has 2 rings (SSSR count). The third-order valence-corrected chi connectivity index (χ3v) is 2.56. The quantitative estimate of drug-likeness (QED) is 0.788. The molecule has 0 saturated carbocycles. The second-order valence-corrected chi connectivity index (χ2v) is 3.73. The van der Waals surface area contributed by atoms with E-state index in [1.807, 2.05) is 6.92 Å². The Balaban J connectivity index is 2.18. The molecule has 0 bridgehead atoms. The fourth-order valence-corrected chi connectivity index (χ4v) is 1.60. The maximum atomic E-state index is 4.26. The van der Waals surface area contributed by atoms with Crippen molar-refractivity contribution < 1.29 is 0 Å². The zero-order valence-corrected chi connectivity index (χ0v) is 9.85. The van der Waals surface area contributed by atoms with E-state index in [9.17, 15) is 0 Å². The average molecular weight is 268 g/mol. The maximum absolute atomic E-state index is 4.26. The van der Waals surface area contributed by atoms with Gasteiger partial charge < -0.3 is 0 Å². The van der Waals surface area contributed by atoms with E-state index >= 15 is 0 Å². The normalized spacial score (nSPS) is 10.5. The van der Waals surface area contributed by atoms with E-state index < -0.39 is 0 Å². The third kappa shape index (κ3) is 2.38. The van der Waals surface area contributed by atoms with Crippen molar-refractivity contribution in [1.29, 1.82) is 0 Å². The van der Waals surface area contributed by atoms with Gasteiger partial charge in [-0.2, -0.15) is 0 Å². The molecule has 0 unspecified atom stereocenters. The van der Waals surface area contributed by atoms with Crippen LogP contribution in [0.3, 0.4) is 0 Å². The molecule has 2 aromatic heterocycles. The zero-order valence-electron chi connectivity index (χ0n) is 8.26. The first-order chi connectivity index (χ1) is 7.29. The highest BCUT2D eigenvalue weighted by Gasteiger charge is 2.03. The summed E-state index contributed by atoms with van der Waals surface area (Å²) in [6, 6.07) is 0. The Bertz CT molecular complexity index is 436. The number of aryl methyl sites for hydroxylation is 1. The molecule has 0 atom stereocenters. The summed E-state index contributed by atoms with van der Waals surface area (Å²) >= 11 is 3.38. The van der Waals surface area contributed by atoms with Crippen molar-refractivity contribution in [1.82, 2.24) is 25.0 Å². The predicted octanol–water partition coefficient (Wildman–Crippen LogP) is 1.32. The summed E-state index contributed by atoms with van der Waals surface area (Å²) in [6.07, 6.45) is 5.24. The van der Waals surface area contributed by atoms with Crippen molar-refractivity contribution in [2.24, 2.45) is 0 Å². The van der Waals surface area contributed by atoms with E-state index in [1.54, 1.807) is 23.3 Å². The third-order valence-electron chi connectivity index (χ3n) is 1.98. The number of aromatic nitrogens is 5. The largest absolute Gasteiger partial charge is 0.258 e. The molecule has 0 aliphatic heterocycles. The molecule has 0 aliphatic carbocycles. The summed E-state index contributed by atoms with van der Waals surface area (Å²) in [4.78, 5) is 8.44. The standard InChI is InChI=1S/C9H10BrN5/c1-7-3-12-8(4-11-7)6-15-9(2-10)5-13-14-15/h3-5H,2,6H2,1H3. The number of alkyl halides is 1. The molecule has 78 valence electrons. The van der Waals surface area contributed by atoms with Crippen LogP contribution in [0.15, 0.2) is 18.6 Å². The summed E-state index contributed by atoms with van der Waals surface area (Å²) in [5.74, 6) is 0. The lowest BCUT2D eigenvalue weighted by Gasteiger charge is -2.02. The minimum atomic E-state index is 0.605. The van der Waals surface area contributed by atoms with Crippen molar-refractivity contribution >= 4 is 15.9 Å². The smallest absolute Gasteiger partial charge is 0.0868 e. The van der Waals surface area contributed by atoms with Gasteiger partial charge >= 0.3 is 0 Å². The highest BCUT2D eigenvalue weighted by Crippen LogP contribution is 2.05. The van der Waals surface area contributed by atoms with Crippen molar-refractivity contribution in [3.63, 3.8) is 0 Å². The van der Waals surface area contributed by atoms with Crippen LogP contribution >= 0.6 is 15.9 Å². The first-order valence-electron chi connectivity index (χ1n) is 4.50. The van der Waals surface area contributed by atoms with Crippen LogP contribution in [0.2, 0.25) is 0 Å². The lowest BCUT2D eigenvalue weighted by Crippen LogP contribution is -2.07. The second-order valence-electron chi connectivity index (χ2n) is 3.17. The van der Waals surface area contributed by atoms with E-state index in [-0.39, 0.29) is 0 Å². The SMILES string of the molecule is Cc1cnc(Cn2nncc2CBr)cn1. The van der Waals surface area contributed by atoms with Gasteiger partial charge in [0.15, 0.2) is 0 Å². The van der Waals surface area contributed by atoms with Gasteiger partial charge in [-0.25, -0.2) is 4.68 Å². The fourth-order valence-electron chi connectivity index (χ4n) is 1.17. The maximum Gasteiger partial charge on any atom is 0.0868 e. The van der Waals surface area contributed by atoms with Crippen LogP contribution in [0.5, 0.6) is 0 Å². The Hall–Kier alpha value is -1.30. The average Bonchev–Trinajstić information content (AvgIpc) is 2.69. The predicted molar refractivity (Wildman–Crippen MR) is 58.5 cm³/mol. The number of halogens is 1. The topological polar surface area (TPSA) is 56.5 Å². The molecule has 0 aromatic carbocycles. The van der Waals surface area contributed by atoms with Crippen molar-refractivity contribution in [3.8, 4) is 0 Å². The van der Waals surface area contributed by atoms with Gasteiger partial charge in [0.1, 0.15) is 0 Å². The van der Waals surface area contributed by atoms with Crippen molar-refractivity contribution in [2.45, 2.75) is 18.8 Å². The van der Waals surface area contributed by atoms with Crippen LogP contribution in [0.1, 0.15) is 17.1 Å². The van der Waals surface area contributed by atoms with Crippen LogP contribution < -0.4 is 0 Å². The van der Waals surface area contributed by atoms with Gasteiger partial charge in [-0.1, -0.05) is 21.1 Å². The Kier molecular flexibility index (Phi) is 3.05. The van der Waals surface area contributed by atoms with E-state index in [0.717, 1.165) is 22.4 Å². The molecular formula is C9H10BrN5. The number of hydrogen-bond donors (Lipinski definition) is 0. The Morgan fingerprint density at radius 2 is 2.13 bits per heavy atom. The molecule has 2 heterocycles. The molecule has 0 N–H and O–H groups in total. The van der Waals surface area contributed by atoms with Gasteiger partial charge in [-0.3, -0.25) is 9.97 Å². The van der Waals surface area contributed by atoms with Gasteiger partial charge in [-0.05, 0) is 6.92 Å². The Labute approximate surface area is 95.7 Å². The van der Waals surface area contributed by atoms with E-state index in [2.05, 4.69) is 36.2 Å². The summed E-state index contributed by atoms with van der Waals surface area (Å²) in [7, 11) is 0. The molecular weight excluding hydrogens is 258 g/mol. The molecule has 5 nitrogen and oxygen atoms in total. The van der Waals surface area contributed by atoms with Gasteiger partial charge in [0.05, 0.1) is 36.0 Å². The number of rotatable bonds is 3. The molecule has 0 aliphatic rings. The van der Waals surface area contributed by atoms with Crippen LogP contribution in [-0.2, 0) is 11.9 Å². The van der Waals surface area contributed by atoms with Gasteiger partial charge in [-0.15, -0.1) is 5.10 Å². The Morgan fingerprint density at radius 1 is 1.27 bits per heavy atom. The monoisotopic (exact) mass is 267 g/mol. The molecule has 2 aromatic rings. The van der Waals surface area contributed by atoms with E-state index in [0.29, 0.717) is 6.54 Å². The molecule has 0 saturated heterocycles. The van der Waals surface area contributed by atoms with Gasteiger partial charge in [0, 0.05) is 11.5 Å². The van der Waals surface area contributed by atoms with Crippen LogP contribution in [0, 0.1) is 6.92 Å². The highest BCUT2D eigenvalue weighted by atomic mass is 79.9. The molecule has 6 heteroatoms. The second kappa shape index (κ2) is 4.48. The molecule has 0 spiro atoms. The summed E-state index contributed by atoms with van der Waals surface area (Å²) < 4.78 is 1.80. The Morgan fingerprint density at radius 3 is 2.80 bits per heavy atom. The highest BCUT2D eigenvalue weighted by molar-refractivity contribution is 9.08. The van der Waals surface area contributed by atoms with Crippen LogP contribution in [0.4, 0.5) is 0 Å². The lowest BCUT2D eigenvalue weighted by molar-refractivity contribution is 0.619. The zero-order chi connectivity index (χ0) is 10.7. The summed E-state index contributed by atoms with van der Waals surface area (Å²) in [5, 5.41) is 8.55. The lowest BCUT2D eigenvalue weighted by atomic mass is 10.4. The summed E-state index contributed by atoms with van der Waals surface area (Å²) in [5.41, 5.74) is 2.82. The molecule has 15 heavy (non-hydrogen) atoms. The molecule has 0 radical (unpaired) electrons. The van der Waals surface area contributed by atoms with Gasteiger partial charge in [0.25, 0.3) is 0 Å². The van der Waals surface area contributed by atoms with Crippen molar-refractivity contribution in [3.05, 3.63) is 35.7 Å². The van der Waals surface area contributed by atoms with Crippen LogP contribution in [-0.4, -0.2) is 25.0 Å². The minimum absolute atomic E-state index is 0.605. The first-order valence-corrected chi connectivity index (χ1v) is 5.62. The number of nitrogens with zero attached hydrogens (tertiary/aromatic N) is 5. The molecule has 0 amide bonds. The summed E-state index contributed by atoms with van der Waals surface area (Å²) in [6.45, 7) is 2.52. The first kappa shape index (κ1) is 10.2. The molecule has 0 fully saturated rings. The van der Waals surface area contributed by atoms with E-state index in [4.69, 9.17) is 0 Å². The van der Waals surface area contributed by atoms with E-state index in [1.165, 1.54) is 0 Å². The fraction of sp³-hybridized carbons (Fsp3) is 0.333.